The van der Waals surface area contributed by atoms with Crippen molar-refractivity contribution in [1.29, 1.82) is 0 Å². The zero-order valence-corrected chi connectivity index (χ0v) is 21.0. The summed E-state index contributed by atoms with van der Waals surface area (Å²) in [5.74, 6) is -5.24. The van der Waals surface area contributed by atoms with Crippen LogP contribution in [0.5, 0.6) is 5.75 Å². The summed E-state index contributed by atoms with van der Waals surface area (Å²) in [5, 5.41) is 35.0. The van der Waals surface area contributed by atoms with Gasteiger partial charge in [-0.3, -0.25) is 19.7 Å². The molecule has 40 heavy (non-hydrogen) atoms. The number of fused-ring (bicyclic) bond motifs is 1. The first-order valence-electron chi connectivity index (χ1n) is 11.5. The van der Waals surface area contributed by atoms with Crippen molar-refractivity contribution in [3.63, 3.8) is 0 Å². The summed E-state index contributed by atoms with van der Waals surface area (Å²) < 4.78 is 0. The van der Waals surface area contributed by atoms with Gasteiger partial charge in [-0.2, -0.15) is 15.2 Å². The average Bonchev–Trinajstić information content (AvgIpc) is 3.53. The predicted molar refractivity (Wildman–Crippen MR) is 147 cm³/mol. The maximum Gasteiger partial charge on any atom is 0.376 e. The number of nitro groups is 1. The van der Waals surface area contributed by atoms with Gasteiger partial charge in [-0.1, -0.05) is 53.8 Å². The largest absolute Gasteiger partial charge is 0.507 e. The molecule has 0 saturated heterocycles. The Morgan fingerprint density at radius 1 is 1.10 bits per heavy atom. The molecule has 0 saturated carbocycles. The third-order valence-electron chi connectivity index (χ3n) is 5.76. The highest BCUT2D eigenvalue weighted by Crippen LogP contribution is 2.27. The van der Waals surface area contributed by atoms with Crippen molar-refractivity contribution in [2.24, 2.45) is 21.9 Å². The third-order valence-corrected chi connectivity index (χ3v) is 6.51. The van der Waals surface area contributed by atoms with Gasteiger partial charge in [0.1, 0.15) is 23.2 Å². The molecule has 15 heteroatoms. The molecule has 0 aliphatic carbocycles. The number of benzene rings is 3. The van der Waals surface area contributed by atoms with Gasteiger partial charge in [0, 0.05) is 0 Å². The van der Waals surface area contributed by atoms with Crippen LogP contribution in [0.15, 0.2) is 82.3 Å². The Labute approximate surface area is 228 Å². The summed E-state index contributed by atoms with van der Waals surface area (Å²) in [7, 11) is 0. The van der Waals surface area contributed by atoms with E-state index in [1.807, 2.05) is 0 Å². The molecule has 1 aliphatic heterocycles. The summed E-state index contributed by atoms with van der Waals surface area (Å²) in [6, 6.07) is 18.2. The van der Waals surface area contributed by atoms with Gasteiger partial charge < -0.3 is 21.0 Å². The number of carbonyl (C=O) groups excluding carboxylic acids is 3. The Morgan fingerprint density at radius 2 is 1.77 bits per heavy atom. The van der Waals surface area contributed by atoms with Crippen LogP contribution < -0.4 is 21.5 Å². The van der Waals surface area contributed by atoms with Gasteiger partial charge >= 0.3 is 10.9 Å². The van der Waals surface area contributed by atoms with E-state index in [9.17, 15) is 29.6 Å². The van der Waals surface area contributed by atoms with Crippen LogP contribution in [0.3, 0.4) is 0 Å². The number of carbonyl (C=O) groups is 3. The van der Waals surface area contributed by atoms with Crippen molar-refractivity contribution >= 4 is 68.0 Å². The summed E-state index contributed by atoms with van der Waals surface area (Å²) >= 11 is 0.773. The van der Waals surface area contributed by atoms with Gasteiger partial charge in [-0.15, -0.1) is 0 Å². The number of hydrazone groups is 2. The Kier molecular flexibility index (Phi) is 6.86. The molecule has 0 fully saturated rings. The highest BCUT2D eigenvalue weighted by Gasteiger charge is 2.42. The molecule has 14 nitrogen and oxygen atoms in total. The first kappa shape index (κ1) is 25.9. The van der Waals surface area contributed by atoms with Gasteiger partial charge in [-0.05, 0) is 44.9 Å². The van der Waals surface area contributed by atoms with E-state index in [0.29, 0.717) is 16.5 Å². The fourth-order valence-electron chi connectivity index (χ4n) is 3.88. The molecule has 3 amide bonds. The van der Waals surface area contributed by atoms with E-state index >= 15 is 0 Å². The molecule has 5 N–H and O–H groups in total. The lowest BCUT2D eigenvalue weighted by Crippen LogP contribution is -2.43. The maximum absolute atomic E-state index is 13.3. The second kappa shape index (κ2) is 10.6. The van der Waals surface area contributed by atoms with Gasteiger partial charge in [0.25, 0.3) is 17.7 Å². The number of nitrogens with one attached hydrogen (secondary N) is 2. The van der Waals surface area contributed by atoms with Crippen LogP contribution in [0.1, 0.15) is 10.4 Å². The molecule has 5 rings (SSSR count). The average molecular weight is 559 g/mol. The topological polar surface area (TPSA) is 206 Å². The minimum Gasteiger partial charge on any atom is -0.507 e. The number of amidine groups is 1. The summed E-state index contributed by atoms with van der Waals surface area (Å²) in [6.07, 6.45) is 0. The van der Waals surface area contributed by atoms with Crippen molar-refractivity contribution in [1.82, 2.24) is 10.4 Å². The monoisotopic (exact) mass is 558 g/mol. The minimum atomic E-state index is -1.51. The Hall–Kier alpha value is -5.70. The van der Waals surface area contributed by atoms with E-state index in [2.05, 4.69) is 25.9 Å². The molecule has 0 spiro atoms. The highest BCUT2D eigenvalue weighted by atomic mass is 32.1. The lowest BCUT2D eigenvalue weighted by molar-refractivity contribution is -0.389. The van der Waals surface area contributed by atoms with E-state index in [-0.39, 0.29) is 22.3 Å². The molecule has 200 valence electrons. The van der Waals surface area contributed by atoms with Crippen molar-refractivity contribution < 1.29 is 24.4 Å². The van der Waals surface area contributed by atoms with Gasteiger partial charge in [0.05, 0.1) is 16.6 Å². The lowest BCUT2D eigenvalue weighted by Gasteiger charge is -2.15. The predicted octanol–water partition coefficient (Wildman–Crippen LogP) is 2.57. The number of para-hydroxylation sites is 1. The number of hydrogen-bond acceptors (Lipinski definition) is 11. The standard InChI is InChI=1S/C25H18N8O6S/c26-21-19(24(37)32(31-21)15-8-2-1-3-9-15)20(23(36)28-25-27-18(12-40-25)33(38)39)29-30-22(35)16-10-13-6-4-5-7-14(13)11-17(16)34/h1-12,19,34H,(H2,26,31)(H,30,35)(H,27,28,36). The number of anilines is 2. The first-order valence-corrected chi connectivity index (χ1v) is 12.3. The molecular weight excluding hydrogens is 540 g/mol. The number of aromatic nitrogens is 1. The number of nitrogens with zero attached hydrogens (tertiary/aromatic N) is 5. The molecule has 0 bridgehead atoms. The van der Waals surface area contributed by atoms with E-state index in [4.69, 9.17) is 5.73 Å². The van der Waals surface area contributed by atoms with Crippen molar-refractivity contribution in [3.05, 3.63) is 87.8 Å². The number of nitrogens with two attached hydrogens (primary N) is 1. The summed E-state index contributed by atoms with van der Waals surface area (Å²) in [5.41, 5.74) is 7.92. The van der Waals surface area contributed by atoms with Crippen molar-refractivity contribution in [3.8, 4) is 5.75 Å². The molecule has 1 atom stereocenters. The van der Waals surface area contributed by atoms with Crippen molar-refractivity contribution in [2.75, 3.05) is 10.3 Å². The number of thiazole rings is 1. The second-order valence-electron chi connectivity index (χ2n) is 8.32. The number of rotatable bonds is 7. The number of amides is 3. The zero-order chi connectivity index (χ0) is 28.4. The molecule has 4 aromatic rings. The minimum absolute atomic E-state index is 0.136. The van der Waals surface area contributed by atoms with Crippen LogP contribution in [-0.2, 0) is 9.59 Å². The van der Waals surface area contributed by atoms with Crippen LogP contribution in [0.2, 0.25) is 0 Å². The highest BCUT2D eigenvalue weighted by molar-refractivity contribution is 7.14. The van der Waals surface area contributed by atoms with Gasteiger partial charge in [-0.25, -0.2) is 5.43 Å². The van der Waals surface area contributed by atoms with Gasteiger partial charge in [0.15, 0.2) is 0 Å². The van der Waals surface area contributed by atoms with Crippen LogP contribution in [-0.4, -0.2) is 44.3 Å². The first-order chi connectivity index (χ1) is 19.2. The number of phenols is 1. The molecular formula is C25H18N8O6S. The fraction of sp³-hybridized carbons (Fsp3) is 0.0400. The molecule has 1 unspecified atom stereocenters. The smallest absolute Gasteiger partial charge is 0.376 e. The van der Waals surface area contributed by atoms with E-state index in [1.165, 1.54) is 12.1 Å². The normalized spacial score (nSPS) is 15.2. The van der Waals surface area contributed by atoms with Crippen LogP contribution in [0.4, 0.5) is 16.6 Å². The Morgan fingerprint density at radius 3 is 2.45 bits per heavy atom. The van der Waals surface area contributed by atoms with Crippen LogP contribution >= 0.6 is 11.3 Å². The van der Waals surface area contributed by atoms with Gasteiger partial charge in [0.2, 0.25) is 0 Å². The quantitative estimate of drug-likeness (QED) is 0.150. The van der Waals surface area contributed by atoms with Crippen LogP contribution in [0, 0.1) is 16.0 Å². The Balaban J connectivity index is 1.48. The van der Waals surface area contributed by atoms with E-state index in [0.717, 1.165) is 21.7 Å². The second-order valence-corrected chi connectivity index (χ2v) is 9.18. The summed E-state index contributed by atoms with van der Waals surface area (Å²) in [6.45, 7) is 0. The SMILES string of the molecule is NC1=NN(c2ccccc2)C(=O)C1C(=NNC(=O)c1cc2ccccc2cc1O)C(=O)Nc1nc([N+](=O)[O-])cs1. The molecule has 0 radical (unpaired) electrons. The van der Waals surface area contributed by atoms with E-state index < -0.39 is 40.1 Å². The van der Waals surface area contributed by atoms with Crippen LogP contribution in [0.25, 0.3) is 10.8 Å². The fourth-order valence-corrected chi connectivity index (χ4v) is 4.53. The maximum atomic E-state index is 13.3. The number of hydrogen-bond donors (Lipinski definition) is 4. The number of phenolic OH excluding ortho intramolecular Hbond substituents is 1. The lowest BCUT2D eigenvalue weighted by atomic mass is 10.0. The molecule has 1 aromatic heterocycles. The molecule has 3 aromatic carbocycles. The number of aromatic hydroxyl groups is 1. The summed E-state index contributed by atoms with van der Waals surface area (Å²) in [4.78, 5) is 53.5. The van der Waals surface area contributed by atoms with Crippen molar-refractivity contribution in [2.45, 2.75) is 0 Å². The zero-order valence-electron chi connectivity index (χ0n) is 20.2. The Bertz CT molecular complexity index is 1740. The third kappa shape index (κ3) is 5.03. The van der Waals surface area contributed by atoms with E-state index in [1.54, 1.807) is 54.6 Å². The molecule has 1 aliphatic rings. The molecule has 2 heterocycles.